The molecule has 0 radical (unpaired) electrons. The van der Waals surface area contributed by atoms with Gasteiger partial charge in [0.25, 0.3) is 5.56 Å². The molecular formula is C12H15N3O. The van der Waals surface area contributed by atoms with E-state index in [-0.39, 0.29) is 11.5 Å². The number of hydrogen-bond acceptors (Lipinski definition) is 3. The van der Waals surface area contributed by atoms with Crippen molar-refractivity contribution in [1.29, 1.82) is 0 Å². The van der Waals surface area contributed by atoms with Gasteiger partial charge in [0.1, 0.15) is 5.82 Å². The van der Waals surface area contributed by atoms with E-state index in [4.69, 9.17) is 0 Å². The Morgan fingerprint density at radius 1 is 1.31 bits per heavy atom. The maximum absolute atomic E-state index is 12.1. The lowest BCUT2D eigenvalue weighted by molar-refractivity contribution is 0.685. The van der Waals surface area contributed by atoms with Crippen molar-refractivity contribution < 1.29 is 0 Å². The van der Waals surface area contributed by atoms with Gasteiger partial charge in [-0.3, -0.25) is 4.79 Å². The molecule has 0 atom stereocenters. The van der Waals surface area contributed by atoms with Gasteiger partial charge in [-0.25, -0.2) is 9.66 Å². The molecular weight excluding hydrogens is 202 g/mol. The molecule has 0 aliphatic rings. The van der Waals surface area contributed by atoms with Crippen LogP contribution in [-0.2, 0) is 0 Å². The summed E-state index contributed by atoms with van der Waals surface area (Å²) in [6, 6.07) is 7.40. The van der Waals surface area contributed by atoms with Crippen molar-refractivity contribution in [3.63, 3.8) is 0 Å². The Hall–Kier alpha value is -1.84. The van der Waals surface area contributed by atoms with Crippen LogP contribution in [-0.4, -0.2) is 16.7 Å². The van der Waals surface area contributed by atoms with Crippen molar-refractivity contribution >= 4 is 10.9 Å². The Morgan fingerprint density at radius 2 is 2.00 bits per heavy atom. The van der Waals surface area contributed by atoms with E-state index in [1.807, 2.05) is 32.0 Å². The molecule has 0 unspecified atom stereocenters. The van der Waals surface area contributed by atoms with Gasteiger partial charge in [-0.15, -0.1) is 0 Å². The molecule has 1 heterocycles. The zero-order valence-electron chi connectivity index (χ0n) is 9.69. The molecule has 0 aliphatic heterocycles. The predicted octanol–water partition coefficient (Wildman–Crippen LogP) is 1.69. The number of fused-ring (bicyclic) bond motifs is 1. The third kappa shape index (κ3) is 1.56. The SMILES string of the molecule is CNn1c(C(C)C)nc2ccccc2c1=O. The molecule has 0 spiro atoms. The summed E-state index contributed by atoms with van der Waals surface area (Å²) in [7, 11) is 1.73. The van der Waals surface area contributed by atoms with Gasteiger partial charge in [0.2, 0.25) is 0 Å². The third-order valence-corrected chi connectivity index (χ3v) is 2.54. The lowest BCUT2D eigenvalue weighted by atomic mass is 10.2. The monoisotopic (exact) mass is 217 g/mol. The van der Waals surface area contributed by atoms with E-state index >= 15 is 0 Å². The number of nitrogens with zero attached hydrogens (tertiary/aromatic N) is 2. The molecule has 0 aliphatic carbocycles. The minimum absolute atomic E-state index is 0.0446. The minimum atomic E-state index is -0.0446. The van der Waals surface area contributed by atoms with Crippen LogP contribution in [0.4, 0.5) is 0 Å². The molecule has 0 amide bonds. The van der Waals surface area contributed by atoms with E-state index in [0.717, 1.165) is 11.3 Å². The van der Waals surface area contributed by atoms with Crippen molar-refractivity contribution in [3.8, 4) is 0 Å². The van der Waals surface area contributed by atoms with Gasteiger partial charge in [0.15, 0.2) is 0 Å². The minimum Gasteiger partial charge on any atom is -0.325 e. The van der Waals surface area contributed by atoms with Gasteiger partial charge in [-0.1, -0.05) is 26.0 Å². The summed E-state index contributed by atoms with van der Waals surface area (Å²) in [5, 5.41) is 0.640. The number of benzene rings is 1. The Bertz CT molecular complexity index is 572. The maximum Gasteiger partial charge on any atom is 0.279 e. The second kappa shape index (κ2) is 3.96. The maximum atomic E-state index is 12.1. The molecule has 1 aromatic carbocycles. The van der Waals surface area contributed by atoms with Gasteiger partial charge in [-0.05, 0) is 12.1 Å². The first-order chi connectivity index (χ1) is 7.65. The van der Waals surface area contributed by atoms with Crippen molar-refractivity contribution in [2.24, 2.45) is 0 Å². The molecule has 4 nitrogen and oxygen atoms in total. The topological polar surface area (TPSA) is 46.9 Å². The first-order valence-corrected chi connectivity index (χ1v) is 5.34. The summed E-state index contributed by atoms with van der Waals surface area (Å²) in [6.45, 7) is 4.04. The summed E-state index contributed by atoms with van der Waals surface area (Å²) >= 11 is 0. The second-order valence-corrected chi connectivity index (χ2v) is 4.01. The molecule has 0 saturated carbocycles. The average molecular weight is 217 g/mol. The fourth-order valence-corrected chi connectivity index (χ4v) is 1.75. The van der Waals surface area contributed by atoms with Crippen LogP contribution >= 0.6 is 0 Å². The van der Waals surface area contributed by atoms with Crippen LogP contribution in [0.1, 0.15) is 25.6 Å². The molecule has 4 heteroatoms. The highest BCUT2D eigenvalue weighted by molar-refractivity contribution is 5.77. The third-order valence-electron chi connectivity index (χ3n) is 2.54. The van der Waals surface area contributed by atoms with Crippen LogP contribution in [0.15, 0.2) is 29.1 Å². The predicted molar refractivity (Wildman–Crippen MR) is 65.4 cm³/mol. The lowest BCUT2D eigenvalue weighted by Gasteiger charge is -2.14. The smallest absolute Gasteiger partial charge is 0.279 e. The summed E-state index contributed by atoms with van der Waals surface area (Å²) in [5.41, 5.74) is 3.59. The highest BCUT2D eigenvalue weighted by Crippen LogP contribution is 2.13. The fraction of sp³-hybridized carbons (Fsp3) is 0.333. The van der Waals surface area contributed by atoms with Crippen LogP contribution in [0.25, 0.3) is 10.9 Å². The average Bonchev–Trinajstić information content (AvgIpc) is 2.29. The largest absolute Gasteiger partial charge is 0.325 e. The van der Waals surface area contributed by atoms with Crippen LogP contribution in [0.2, 0.25) is 0 Å². The van der Waals surface area contributed by atoms with Crippen molar-refractivity contribution in [3.05, 3.63) is 40.4 Å². The van der Waals surface area contributed by atoms with Gasteiger partial charge < -0.3 is 5.43 Å². The molecule has 1 aromatic heterocycles. The molecule has 2 rings (SSSR count). The molecule has 0 bridgehead atoms. The first-order valence-electron chi connectivity index (χ1n) is 5.34. The van der Waals surface area contributed by atoms with Crippen molar-refractivity contribution in [1.82, 2.24) is 9.66 Å². The fourth-order valence-electron chi connectivity index (χ4n) is 1.75. The molecule has 0 saturated heterocycles. The van der Waals surface area contributed by atoms with Gasteiger partial charge in [0.05, 0.1) is 10.9 Å². The lowest BCUT2D eigenvalue weighted by Crippen LogP contribution is -2.31. The van der Waals surface area contributed by atoms with E-state index in [1.54, 1.807) is 13.1 Å². The van der Waals surface area contributed by atoms with Crippen molar-refractivity contribution in [2.75, 3.05) is 12.5 Å². The zero-order chi connectivity index (χ0) is 11.7. The summed E-state index contributed by atoms with van der Waals surface area (Å²) in [5.74, 6) is 0.955. The van der Waals surface area contributed by atoms with Crippen LogP contribution in [0.5, 0.6) is 0 Å². The molecule has 1 N–H and O–H groups in total. The van der Waals surface area contributed by atoms with E-state index < -0.39 is 0 Å². The van der Waals surface area contributed by atoms with E-state index in [9.17, 15) is 4.79 Å². The molecule has 84 valence electrons. The summed E-state index contributed by atoms with van der Waals surface area (Å²) in [6.07, 6.45) is 0. The number of hydrogen-bond donors (Lipinski definition) is 1. The highest BCUT2D eigenvalue weighted by Gasteiger charge is 2.11. The second-order valence-electron chi connectivity index (χ2n) is 4.01. The van der Waals surface area contributed by atoms with Crippen LogP contribution in [0.3, 0.4) is 0 Å². The van der Waals surface area contributed by atoms with Gasteiger partial charge >= 0.3 is 0 Å². The van der Waals surface area contributed by atoms with Crippen LogP contribution < -0.4 is 11.0 Å². The number of para-hydroxylation sites is 1. The van der Waals surface area contributed by atoms with Gasteiger partial charge in [0, 0.05) is 13.0 Å². The Morgan fingerprint density at radius 3 is 2.62 bits per heavy atom. The quantitative estimate of drug-likeness (QED) is 0.832. The van der Waals surface area contributed by atoms with Crippen LogP contribution in [0, 0.1) is 0 Å². The Balaban J connectivity index is 2.87. The molecule has 2 aromatic rings. The Kier molecular flexibility index (Phi) is 2.64. The van der Waals surface area contributed by atoms with E-state index in [0.29, 0.717) is 5.39 Å². The Labute approximate surface area is 93.9 Å². The van der Waals surface area contributed by atoms with Gasteiger partial charge in [-0.2, -0.15) is 0 Å². The molecule has 16 heavy (non-hydrogen) atoms. The number of rotatable bonds is 2. The van der Waals surface area contributed by atoms with Crippen molar-refractivity contribution in [2.45, 2.75) is 19.8 Å². The normalized spacial score (nSPS) is 11.0. The highest BCUT2D eigenvalue weighted by atomic mass is 16.1. The summed E-state index contributed by atoms with van der Waals surface area (Å²) in [4.78, 5) is 16.7. The van der Waals surface area contributed by atoms with E-state index in [2.05, 4.69) is 10.4 Å². The first kappa shape index (κ1) is 10.7. The number of nitrogens with one attached hydrogen (secondary N) is 1. The summed E-state index contributed by atoms with van der Waals surface area (Å²) < 4.78 is 1.51. The standard InChI is InChI=1S/C12H15N3O/c1-8(2)11-14-10-7-5-4-6-9(10)12(16)15(11)13-3/h4-8,13H,1-3H3. The molecule has 0 fully saturated rings. The zero-order valence-corrected chi connectivity index (χ0v) is 9.69. The van der Waals surface area contributed by atoms with E-state index in [1.165, 1.54) is 4.68 Å². The number of aromatic nitrogens is 2.